The highest BCUT2D eigenvalue weighted by Crippen LogP contribution is 2.15. The van der Waals surface area contributed by atoms with Crippen molar-refractivity contribution in [2.45, 2.75) is 12.8 Å². The minimum atomic E-state index is -0.578. The lowest BCUT2D eigenvalue weighted by molar-refractivity contribution is 0.584. The highest BCUT2D eigenvalue weighted by atomic mass is 19.1. The molecule has 0 aromatic heterocycles. The lowest BCUT2D eigenvalue weighted by atomic mass is 10.3. The van der Waals surface area contributed by atoms with Gasteiger partial charge in [0.2, 0.25) is 0 Å². The molecule has 1 aromatic rings. The summed E-state index contributed by atoms with van der Waals surface area (Å²) in [6.07, 6.45) is 1.85. The SMILES string of the molecule is Fc1cc(F)cc(NC2=NCCC2)c1. The fourth-order valence-corrected chi connectivity index (χ4v) is 1.43. The summed E-state index contributed by atoms with van der Waals surface area (Å²) >= 11 is 0. The Kier molecular flexibility index (Phi) is 2.43. The van der Waals surface area contributed by atoms with Crippen LogP contribution in [0.3, 0.4) is 0 Å². The molecule has 1 aromatic carbocycles. The Hall–Kier alpha value is -1.45. The average molecular weight is 196 g/mol. The summed E-state index contributed by atoms with van der Waals surface area (Å²) < 4.78 is 25.6. The molecule has 0 spiro atoms. The van der Waals surface area contributed by atoms with Crippen molar-refractivity contribution in [1.29, 1.82) is 0 Å². The maximum atomic E-state index is 12.8. The van der Waals surface area contributed by atoms with Gasteiger partial charge in [-0.25, -0.2) is 8.78 Å². The number of anilines is 1. The first-order valence-corrected chi connectivity index (χ1v) is 4.50. The van der Waals surface area contributed by atoms with Crippen LogP contribution >= 0.6 is 0 Å². The molecule has 0 bridgehead atoms. The van der Waals surface area contributed by atoms with Crippen LogP contribution in [-0.2, 0) is 0 Å². The van der Waals surface area contributed by atoms with Gasteiger partial charge in [-0.1, -0.05) is 0 Å². The Balaban J connectivity index is 2.15. The molecule has 74 valence electrons. The second-order valence-electron chi connectivity index (χ2n) is 3.22. The first-order valence-electron chi connectivity index (χ1n) is 4.50. The zero-order valence-electron chi connectivity index (χ0n) is 7.56. The van der Waals surface area contributed by atoms with Gasteiger partial charge in [-0.3, -0.25) is 4.99 Å². The zero-order chi connectivity index (χ0) is 9.97. The van der Waals surface area contributed by atoms with Gasteiger partial charge in [-0.15, -0.1) is 0 Å². The van der Waals surface area contributed by atoms with E-state index in [1.165, 1.54) is 12.1 Å². The van der Waals surface area contributed by atoms with E-state index in [-0.39, 0.29) is 0 Å². The molecule has 4 heteroatoms. The molecule has 0 fully saturated rings. The first-order chi connectivity index (χ1) is 6.74. The standard InChI is InChI=1S/C10H10F2N2/c11-7-4-8(12)6-9(5-7)14-10-2-1-3-13-10/h4-6H,1-3H2,(H,13,14). The fourth-order valence-electron chi connectivity index (χ4n) is 1.43. The molecule has 1 aliphatic rings. The Morgan fingerprint density at radius 1 is 1.14 bits per heavy atom. The third-order valence-electron chi connectivity index (χ3n) is 2.03. The summed E-state index contributed by atoms with van der Waals surface area (Å²) in [5.74, 6) is -0.354. The minimum Gasteiger partial charge on any atom is -0.344 e. The Morgan fingerprint density at radius 3 is 2.43 bits per heavy atom. The predicted molar refractivity (Wildman–Crippen MR) is 51.5 cm³/mol. The number of nitrogens with zero attached hydrogens (tertiary/aromatic N) is 1. The Morgan fingerprint density at radius 2 is 1.86 bits per heavy atom. The summed E-state index contributed by atoms with van der Waals surface area (Å²) in [7, 11) is 0. The van der Waals surface area contributed by atoms with E-state index in [2.05, 4.69) is 10.3 Å². The molecule has 0 amide bonds. The number of amidine groups is 1. The van der Waals surface area contributed by atoms with Crippen molar-refractivity contribution < 1.29 is 8.78 Å². The molecule has 2 nitrogen and oxygen atoms in total. The molecular weight excluding hydrogens is 186 g/mol. The predicted octanol–water partition coefficient (Wildman–Crippen LogP) is 2.57. The van der Waals surface area contributed by atoms with Crippen molar-refractivity contribution in [3.05, 3.63) is 29.8 Å². The van der Waals surface area contributed by atoms with Gasteiger partial charge < -0.3 is 5.32 Å². The van der Waals surface area contributed by atoms with Crippen LogP contribution in [0.25, 0.3) is 0 Å². The van der Waals surface area contributed by atoms with E-state index >= 15 is 0 Å². The summed E-state index contributed by atoms with van der Waals surface area (Å²) in [5, 5.41) is 2.89. The van der Waals surface area contributed by atoms with Gasteiger partial charge in [0.15, 0.2) is 0 Å². The molecule has 1 aliphatic heterocycles. The van der Waals surface area contributed by atoms with Crippen LogP contribution in [0.15, 0.2) is 23.2 Å². The van der Waals surface area contributed by atoms with E-state index in [1.807, 2.05) is 0 Å². The lowest BCUT2D eigenvalue weighted by Gasteiger charge is -2.05. The van der Waals surface area contributed by atoms with E-state index in [0.717, 1.165) is 31.3 Å². The quantitative estimate of drug-likeness (QED) is 0.733. The Bertz CT molecular complexity index is 354. The van der Waals surface area contributed by atoms with E-state index in [9.17, 15) is 8.78 Å². The molecule has 0 saturated carbocycles. The maximum Gasteiger partial charge on any atom is 0.128 e. The highest BCUT2D eigenvalue weighted by Gasteiger charge is 2.07. The van der Waals surface area contributed by atoms with Gasteiger partial charge >= 0.3 is 0 Å². The van der Waals surface area contributed by atoms with Crippen LogP contribution in [0.4, 0.5) is 14.5 Å². The van der Waals surface area contributed by atoms with Crippen molar-refractivity contribution in [3.63, 3.8) is 0 Å². The highest BCUT2D eigenvalue weighted by molar-refractivity contribution is 5.96. The lowest BCUT2D eigenvalue weighted by Crippen LogP contribution is -2.08. The largest absolute Gasteiger partial charge is 0.344 e. The average Bonchev–Trinajstić information content (AvgIpc) is 2.54. The van der Waals surface area contributed by atoms with Crippen LogP contribution < -0.4 is 5.32 Å². The Labute approximate surface area is 80.7 Å². The van der Waals surface area contributed by atoms with Crippen LogP contribution in [-0.4, -0.2) is 12.4 Å². The van der Waals surface area contributed by atoms with Gasteiger partial charge in [-0.05, 0) is 18.6 Å². The number of hydrogen-bond donors (Lipinski definition) is 1. The smallest absolute Gasteiger partial charge is 0.128 e. The van der Waals surface area contributed by atoms with Crippen molar-refractivity contribution in [1.82, 2.24) is 0 Å². The van der Waals surface area contributed by atoms with E-state index in [0.29, 0.717) is 5.69 Å². The van der Waals surface area contributed by atoms with E-state index in [4.69, 9.17) is 0 Å². The molecule has 1 N–H and O–H groups in total. The van der Waals surface area contributed by atoms with Crippen molar-refractivity contribution in [2.24, 2.45) is 4.99 Å². The monoisotopic (exact) mass is 196 g/mol. The summed E-state index contributed by atoms with van der Waals surface area (Å²) in [6, 6.07) is 3.36. The van der Waals surface area contributed by atoms with Crippen molar-refractivity contribution >= 4 is 11.5 Å². The van der Waals surface area contributed by atoms with Crippen molar-refractivity contribution in [3.8, 4) is 0 Å². The van der Waals surface area contributed by atoms with Gasteiger partial charge in [0, 0.05) is 24.7 Å². The van der Waals surface area contributed by atoms with Crippen molar-refractivity contribution in [2.75, 3.05) is 11.9 Å². The molecule has 0 atom stereocenters. The zero-order valence-corrected chi connectivity index (χ0v) is 7.56. The van der Waals surface area contributed by atoms with Gasteiger partial charge in [0.1, 0.15) is 17.5 Å². The van der Waals surface area contributed by atoms with Gasteiger partial charge in [0.05, 0.1) is 0 Å². The molecule has 14 heavy (non-hydrogen) atoms. The maximum absolute atomic E-state index is 12.8. The molecule has 0 unspecified atom stereocenters. The van der Waals surface area contributed by atoms with E-state index in [1.54, 1.807) is 0 Å². The van der Waals surface area contributed by atoms with Gasteiger partial charge in [-0.2, -0.15) is 0 Å². The number of aliphatic imine (C=N–C) groups is 1. The summed E-state index contributed by atoms with van der Waals surface area (Å²) in [6.45, 7) is 0.792. The molecule has 0 radical (unpaired) electrons. The van der Waals surface area contributed by atoms with E-state index < -0.39 is 11.6 Å². The van der Waals surface area contributed by atoms with Crippen LogP contribution in [0, 0.1) is 11.6 Å². The number of rotatable bonds is 1. The molecular formula is C10H10F2N2. The van der Waals surface area contributed by atoms with Crippen LogP contribution in [0.2, 0.25) is 0 Å². The fraction of sp³-hybridized carbons (Fsp3) is 0.300. The topological polar surface area (TPSA) is 24.4 Å². The van der Waals surface area contributed by atoms with Crippen LogP contribution in [0.5, 0.6) is 0 Å². The summed E-state index contributed by atoms with van der Waals surface area (Å²) in [4.78, 5) is 4.15. The third-order valence-corrected chi connectivity index (χ3v) is 2.03. The second kappa shape index (κ2) is 3.74. The molecule has 1 heterocycles. The summed E-state index contributed by atoms with van der Waals surface area (Å²) in [5.41, 5.74) is 0.420. The first kappa shape index (κ1) is 9.12. The second-order valence-corrected chi connectivity index (χ2v) is 3.22. The third kappa shape index (κ3) is 2.07. The molecule has 0 aliphatic carbocycles. The number of benzene rings is 1. The van der Waals surface area contributed by atoms with Gasteiger partial charge in [0.25, 0.3) is 0 Å². The molecule has 0 saturated heterocycles. The normalized spacial score (nSPS) is 15.4. The number of nitrogens with one attached hydrogen (secondary N) is 1. The minimum absolute atomic E-state index is 0.420. The molecule has 2 rings (SSSR count). The number of hydrogen-bond acceptors (Lipinski definition) is 2. The van der Waals surface area contributed by atoms with Crippen LogP contribution in [0.1, 0.15) is 12.8 Å². The number of halogens is 2.